The van der Waals surface area contributed by atoms with Gasteiger partial charge in [-0.05, 0) is 68.9 Å². The summed E-state index contributed by atoms with van der Waals surface area (Å²) >= 11 is 0. The zero-order valence-corrected chi connectivity index (χ0v) is 22.2. The minimum Gasteiger partial charge on any atom is -0.415 e. The van der Waals surface area contributed by atoms with E-state index < -0.39 is 18.1 Å². The van der Waals surface area contributed by atoms with E-state index in [1.165, 1.54) is 49.5 Å². The van der Waals surface area contributed by atoms with Gasteiger partial charge in [0, 0.05) is 37.3 Å². The maximum absolute atomic E-state index is 14.9. The molecule has 1 saturated heterocycles. The van der Waals surface area contributed by atoms with Crippen LogP contribution >= 0.6 is 0 Å². The van der Waals surface area contributed by atoms with E-state index in [0.29, 0.717) is 40.2 Å². The van der Waals surface area contributed by atoms with Crippen LogP contribution in [0.2, 0.25) is 0 Å². The Morgan fingerprint density at radius 2 is 1.82 bits per heavy atom. The lowest BCUT2D eigenvalue weighted by Gasteiger charge is -2.22. The van der Waals surface area contributed by atoms with Gasteiger partial charge in [0.25, 0.3) is 5.89 Å². The van der Waals surface area contributed by atoms with Gasteiger partial charge in [0.2, 0.25) is 12.3 Å². The summed E-state index contributed by atoms with van der Waals surface area (Å²) in [4.78, 5) is 23.7. The number of hydrogen-bond acceptors (Lipinski definition) is 8. The third kappa shape index (κ3) is 7.20. The van der Waals surface area contributed by atoms with Crippen molar-refractivity contribution < 1.29 is 22.4 Å². The Morgan fingerprint density at radius 3 is 2.38 bits per heavy atom. The van der Waals surface area contributed by atoms with Crippen LogP contribution in [0.1, 0.15) is 37.3 Å². The Labute approximate surface area is 230 Å². The van der Waals surface area contributed by atoms with Crippen LogP contribution in [0, 0.1) is 5.82 Å². The van der Waals surface area contributed by atoms with Crippen molar-refractivity contribution in [3.8, 4) is 22.6 Å². The lowest BCUT2D eigenvalue weighted by atomic mass is 10.0. The second kappa shape index (κ2) is 13.7. The summed E-state index contributed by atoms with van der Waals surface area (Å²) in [7, 11) is 3.86. The average molecular weight is 554 g/mol. The van der Waals surface area contributed by atoms with Crippen molar-refractivity contribution in [2.24, 2.45) is 0 Å². The highest BCUT2D eigenvalue weighted by Gasteiger charge is 2.19. The molecule has 5 rings (SSSR count). The number of halogens is 3. The number of nitrogens with one attached hydrogen (secondary N) is 1. The molecule has 1 aromatic carbocycles. The van der Waals surface area contributed by atoms with Gasteiger partial charge >= 0.3 is 6.43 Å². The maximum atomic E-state index is 14.9. The minimum absolute atomic E-state index is 0.0403. The molecular formula is C28H30F3N7O2. The molecule has 1 N–H and O–H groups in total. The van der Waals surface area contributed by atoms with Crippen molar-refractivity contribution in [2.45, 2.75) is 32.2 Å². The fraction of sp³-hybridized carbons (Fsp3) is 0.321. The Balaban J connectivity index is 0.000000461. The molecule has 0 unspecified atom stereocenters. The summed E-state index contributed by atoms with van der Waals surface area (Å²) in [6.45, 7) is 2.68. The molecule has 1 fully saturated rings. The number of nitrogens with zero attached hydrogens (tertiary/aromatic N) is 6. The molecule has 0 aliphatic carbocycles. The van der Waals surface area contributed by atoms with E-state index in [-0.39, 0.29) is 12.4 Å². The van der Waals surface area contributed by atoms with Gasteiger partial charge in [0.1, 0.15) is 5.82 Å². The van der Waals surface area contributed by atoms with Gasteiger partial charge in [-0.25, -0.2) is 4.39 Å². The highest BCUT2D eigenvalue weighted by Crippen LogP contribution is 2.34. The number of piperidine rings is 1. The summed E-state index contributed by atoms with van der Waals surface area (Å²) < 4.78 is 45.1. The number of amides is 1. The molecule has 1 amide bonds. The molecule has 4 aromatic rings. The Kier molecular flexibility index (Phi) is 9.79. The maximum Gasteiger partial charge on any atom is 0.314 e. The van der Waals surface area contributed by atoms with Crippen molar-refractivity contribution in [2.75, 3.05) is 37.4 Å². The van der Waals surface area contributed by atoms with Gasteiger partial charge < -0.3 is 19.5 Å². The molecule has 0 radical (unpaired) electrons. The minimum atomic E-state index is -2.87. The third-order valence-corrected chi connectivity index (χ3v) is 6.39. The summed E-state index contributed by atoms with van der Waals surface area (Å²) in [5, 5.41) is 9.83. The monoisotopic (exact) mass is 553 g/mol. The summed E-state index contributed by atoms with van der Waals surface area (Å²) in [6.07, 6.45) is 6.48. The standard InChI is InChI=1S/C22H17F3N6O2.C6H13N/c1-26-18-8-16(13-4-6-27-7-5-13)17(23)9-19(18)31(12-32)11-15-3-2-14(10-28-15)21-29-30-22(33-21)20(24)25;1-7-5-3-2-4-6-7/h2-10,12,20,26H,11H2,1H3;2-6H2,1H3. The van der Waals surface area contributed by atoms with E-state index in [0.717, 1.165) is 0 Å². The van der Waals surface area contributed by atoms with Crippen LogP contribution in [0.4, 0.5) is 24.5 Å². The highest BCUT2D eigenvalue weighted by molar-refractivity contribution is 5.86. The smallest absolute Gasteiger partial charge is 0.314 e. The number of alkyl halides is 2. The number of likely N-dealkylation sites (tertiary alicyclic amines) is 1. The van der Waals surface area contributed by atoms with E-state index in [1.807, 2.05) is 0 Å². The normalized spacial score (nSPS) is 13.4. The second-order valence-corrected chi connectivity index (χ2v) is 9.22. The predicted octanol–water partition coefficient (Wildman–Crippen LogP) is 5.58. The third-order valence-electron chi connectivity index (χ3n) is 6.39. The van der Waals surface area contributed by atoms with Crippen LogP contribution in [-0.4, -0.2) is 58.7 Å². The van der Waals surface area contributed by atoms with Crippen molar-refractivity contribution in [3.63, 3.8) is 0 Å². The molecule has 0 spiro atoms. The van der Waals surface area contributed by atoms with Gasteiger partial charge in [-0.1, -0.05) is 6.42 Å². The topological polar surface area (TPSA) is 100 Å². The van der Waals surface area contributed by atoms with Gasteiger partial charge in [-0.3, -0.25) is 14.8 Å². The number of carbonyl (C=O) groups excluding carboxylic acids is 1. The summed E-state index contributed by atoms with van der Waals surface area (Å²) in [5.41, 5.74) is 2.70. The van der Waals surface area contributed by atoms with Crippen LogP contribution in [0.15, 0.2) is 59.4 Å². The van der Waals surface area contributed by atoms with Crippen LogP contribution in [0.5, 0.6) is 0 Å². The number of hydrogen-bond donors (Lipinski definition) is 1. The first-order chi connectivity index (χ1) is 19.4. The van der Waals surface area contributed by atoms with E-state index in [9.17, 15) is 18.0 Å². The quantitative estimate of drug-likeness (QED) is 0.283. The van der Waals surface area contributed by atoms with E-state index in [1.54, 1.807) is 49.8 Å². The van der Waals surface area contributed by atoms with Crippen LogP contribution in [-0.2, 0) is 11.3 Å². The first-order valence-corrected chi connectivity index (χ1v) is 12.8. The van der Waals surface area contributed by atoms with Crippen molar-refractivity contribution in [1.29, 1.82) is 0 Å². The molecule has 3 aromatic heterocycles. The second-order valence-electron chi connectivity index (χ2n) is 9.22. The molecule has 9 nitrogen and oxygen atoms in total. The average Bonchev–Trinajstić information content (AvgIpc) is 3.48. The first kappa shape index (κ1) is 28.7. The largest absolute Gasteiger partial charge is 0.415 e. The molecule has 12 heteroatoms. The highest BCUT2D eigenvalue weighted by atomic mass is 19.3. The molecule has 1 aliphatic heterocycles. The van der Waals surface area contributed by atoms with Crippen molar-refractivity contribution in [3.05, 3.63) is 72.4 Å². The number of anilines is 2. The molecule has 0 atom stereocenters. The lowest BCUT2D eigenvalue weighted by Crippen LogP contribution is -2.24. The first-order valence-electron chi connectivity index (χ1n) is 12.8. The molecular weight excluding hydrogens is 523 g/mol. The SMILES string of the molecule is CN1CCCCC1.CNc1cc(-c2ccncc2)c(F)cc1N(C=O)Cc1ccc(-c2nnc(C(F)F)o2)cn1. The Morgan fingerprint density at radius 1 is 1.07 bits per heavy atom. The molecule has 210 valence electrons. The number of benzene rings is 1. The fourth-order valence-electron chi connectivity index (χ4n) is 4.24. The lowest BCUT2D eigenvalue weighted by molar-refractivity contribution is -0.107. The van der Waals surface area contributed by atoms with E-state index in [2.05, 4.69) is 37.4 Å². The van der Waals surface area contributed by atoms with Crippen molar-refractivity contribution in [1.82, 2.24) is 25.1 Å². The number of rotatable bonds is 8. The van der Waals surface area contributed by atoms with Gasteiger partial charge in [-0.2, -0.15) is 8.78 Å². The van der Waals surface area contributed by atoms with Crippen LogP contribution in [0.3, 0.4) is 0 Å². The Bertz CT molecular complexity index is 1380. The van der Waals surface area contributed by atoms with Crippen LogP contribution < -0.4 is 10.2 Å². The summed E-state index contributed by atoms with van der Waals surface area (Å²) in [6, 6.07) is 9.40. The van der Waals surface area contributed by atoms with Gasteiger partial charge in [-0.15, -0.1) is 10.2 Å². The number of carbonyl (C=O) groups is 1. The van der Waals surface area contributed by atoms with E-state index >= 15 is 0 Å². The molecule has 1 aliphatic rings. The number of aromatic nitrogens is 4. The predicted molar refractivity (Wildman–Crippen MR) is 145 cm³/mol. The van der Waals surface area contributed by atoms with Gasteiger partial charge in [0.05, 0.1) is 29.2 Å². The molecule has 0 saturated carbocycles. The molecule has 0 bridgehead atoms. The zero-order valence-electron chi connectivity index (χ0n) is 22.2. The van der Waals surface area contributed by atoms with E-state index in [4.69, 9.17) is 4.42 Å². The van der Waals surface area contributed by atoms with Crippen LogP contribution in [0.25, 0.3) is 22.6 Å². The molecule has 40 heavy (non-hydrogen) atoms. The van der Waals surface area contributed by atoms with Gasteiger partial charge in [0.15, 0.2) is 0 Å². The Hall–Kier alpha value is -4.32. The molecule has 4 heterocycles. The fourth-order valence-corrected chi connectivity index (χ4v) is 4.24. The van der Waals surface area contributed by atoms with Crippen molar-refractivity contribution >= 4 is 17.8 Å². The number of pyridine rings is 2. The summed E-state index contributed by atoms with van der Waals surface area (Å²) in [5.74, 6) is -1.38. The zero-order chi connectivity index (χ0) is 28.5.